The molecule has 0 aromatic rings. The van der Waals surface area contributed by atoms with Crippen LogP contribution in [0, 0.1) is 0 Å². The molecule has 2 unspecified atom stereocenters. The summed E-state index contributed by atoms with van der Waals surface area (Å²) in [7, 11) is 0. The highest BCUT2D eigenvalue weighted by Crippen LogP contribution is 2.23. The molecule has 0 aliphatic heterocycles. The molecule has 0 heterocycles. The Morgan fingerprint density at radius 2 is 1.40 bits per heavy atom. The van der Waals surface area contributed by atoms with Gasteiger partial charge in [-0.25, -0.2) is 0 Å². The van der Waals surface area contributed by atoms with Crippen molar-refractivity contribution in [2.45, 2.75) is 76.9 Å². The number of alkyl halides is 1. The summed E-state index contributed by atoms with van der Waals surface area (Å²) in [6.45, 7) is 1.86. The molecule has 0 bridgehead atoms. The van der Waals surface area contributed by atoms with E-state index in [0.29, 0.717) is 0 Å². The first-order valence-electron chi connectivity index (χ1n) is 7.96. The predicted octanol–water partition coefficient (Wildman–Crippen LogP) is 4.50. The number of unbranched alkanes of at least 4 members (excludes halogenated alkanes) is 7. The molecule has 3 heteroatoms. The summed E-state index contributed by atoms with van der Waals surface area (Å²) >= 11 is 3.46. The van der Waals surface area contributed by atoms with Gasteiger partial charge in [0.25, 0.3) is 0 Å². The Kier molecular flexibility index (Phi) is 9.49. The van der Waals surface area contributed by atoms with Crippen LogP contribution in [-0.2, 0) is 0 Å². The van der Waals surface area contributed by atoms with E-state index in [2.05, 4.69) is 15.9 Å². The molecule has 0 saturated carbocycles. The number of aliphatic hydroxyl groups excluding tert-OH is 2. The lowest BCUT2D eigenvalue weighted by atomic mass is 9.92. The highest BCUT2D eigenvalue weighted by molar-refractivity contribution is 9.09. The Bertz CT molecular complexity index is 323. The summed E-state index contributed by atoms with van der Waals surface area (Å²) in [4.78, 5) is 0. The first-order chi connectivity index (χ1) is 9.65. The molecule has 0 saturated heterocycles. The molecular weight excluding hydrogens is 316 g/mol. The first-order valence-corrected chi connectivity index (χ1v) is 9.08. The van der Waals surface area contributed by atoms with Crippen LogP contribution in [0.25, 0.3) is 0 Å². The van der Waals surface area contributed by atoms with E-state index < -0.39 is 12.2 Å². The highest BCUT2D eigenvalue weighted by atomic mass is 79.9. The van der Waals surface area contributed by atoms with Crippen LogP contribution < -0.4 is 0 Å². The van der Waals surface area contributed by atoms with Gasteiger partial charge in [0, 0.05) is 5.33 Å². The molecule has 1 rings (SSSR count). The third-order valence-electron chi connectivity index (χ3n) is 3.99. The largest absolute Gasteiger partial charge is 0.385 e. The fourth-order valence-corrected chi connectivity index (χ4v) is 3.00. The Hall–Kier alpha value is -0.120. The normalized spacial score (nSPS) is 22.6. The van der Waals surface area contributed by atoms with Gasteiger partial charge in [0.15, 0.2) is 0 Å². The molecule has 0 fully saturated rings. The molecule has 0 aromatic carbocycles. The van der Waals surface area contributed by atoms with E-state index in [1.807, 2.05) is 13.0 Å². The maximum Gasteiger partial charge on any atom is 0.0936 e. The average Bonchev–Trinajstić information content (AvgIpc) is 2.42. The van der Waals surface area contributed by atoms with Crippen LogP contribution in [-0.4, -0.2) is 27.8 Å². The second-order valence-electron chi connectivity index (χ2n) is 5.81. The molecule has 2 N–H and O–H groups in total. The third kappa shape index (κ3) is 7.05. The lowest BCUT2D eigenvalue weighted by Gasteiger charge is -2.21. The van der Waals surface area contributed by atoms with Crippen LogP contribution in [0.3, 0.4) is 0 Å². The van der Waals surface area contributed by atoms with Gasteiger partial charge < -0.3 is 10.2 Å². The summed E-state index contributed by atoms with van der Waals surface area (Å²) < 4.78 is 0. The maximum atomic E-state index is 9.92. The minimum absolute atomic E-state index is 0.484. The van der Waals surface area contributed by atoms with Gasteiger partial charge in [-0.15, -0.1) is 0 Å². The van der Waals surface area contributed by atoms with Crippen LogP contribution in [0.15, 0.2) is 23.3 Å². The summed E-state index contributed by atoms with van der Waals surface area (Å²) in [6, 6.07) is 0. The minimum atomic E-state index is -0.497. The number of aliphatic hydroxyl groups is 2. The lowest BCUT2D eigenvalue weighted by molar-refractivity contribution is 0.218. The number of halogens is 1. The van der Waals surface area contributed by atoms with E-state index >= 15 is 0 Å². The predicted molar refractivity (Wildman–Crippen MR) is 89.2 cm³/mol. The quantitative estimate of drug-likeness (QED) is 0.348. The second kappa shape index (κ2) is 10.6. The van der Waals surface area contributed by atoms with Gasteiger partial charge in [-0.05, 0) is 43.4 Å². The van der Waals surface area contributed by atoms with Gasteiger partial charge in [0.2, 0.25) is 0 Å². The fourth-order valence-electron chi connectivity index (χ4n) is 2.60. The second-order valence-corrected chi connectivity index (χ2v) is 6.60. The highest BCUT2D eigenvalue weighted by Gasteiger charge is 2.17. The first kappa shape index (κ1) is 17.9. The monoisotopic (exact) mass is 344 g/mol. The summed E-state index contributed by atoms with van der Waals surface area (Å²) in [5.41, 5.74) is 1.84. The smallest absolute Gasteiger partial charge is 0.0936 e. The molecule has 0 aromatic heterocycles. The molecule has 1 aliphatic rings. The molecule has 116 valence electrons. The molecule has 2 atom stereocenters. The van der Waals surface area contributed by atoms with Crippen LogP contribution in [0.5, 0.6) is 0 Å². The van der Waals surface area contributed by atoms with Gasteiger partial charge in [-0.3, -0.25) is 0 Å². The van der Waals surface area contributed by atoms with E-state index in [1.54, 1.807) is 6.08 Å². The van der Waals surface area contributed by atoms with E-state index in [0.717, 1.165) is 29.3 Å². The van der Waals surface area contributed by atoms with Crippen molar-refractivity contribution in [2.24, 2.45) is 0 Å². The van der Waals surface area contributed by atoms with E-state index in [-0.39, 0.29) is 0 Å². The third-order valence-corrected chi connectivity index (χ3v) is 4.55. The number of hydrogen-bond donors (Lipinski definition) is 2. The summed E-state index contributed by atoms with van der Waals surface area (Å²) in [6.07, 6.45) is 13.8. The Morgan fingerprint density at radius 3 is 2.00 bits per heavy atom. The van der Waals surface area contributed by atoms with E-state index in [4.69, 9.17) is 0 Å². The van der Waals surface area contributed by atoms with Crippen molar-refractivity contribution in [3.63, 3.8) is 0 Å². The number of hydrogen-bond acceptors (Lipinski definition) is 2. The maximum absolute atomic E-state index is 9.92. The molecule has 0 amide bonds. The zero-order valence-electron chi connectivity index (χ0n) is 12.7. The average molecular weight is 345 g/mol. The minimum Gasteiger partial charge on any atom is -0.385 e. The van der Waals surface area contributed by atoms with Gasteiger partial charge >= 0.3 is 0 Å². The van der Waals surface area contributed by atoms with Crippen LogP contribution in [0.1, 0.15) is 64.7 Å². The lowest BCUT2D eigenvalue weighted by Crippen LogP contribution is -2.19. The van der Waals surface area contributed by atoms with Crippen molar-refractivity contribution in [2.75, 3.05) is 5.33 Å². The fraction of sp³-hybridized carbons (Fsp3) is 0.765. The SMILES string of the molecule is CC1=CC(O)C(CCCCCCCCCCBr)=CC1O. The van der Waals surface area contributed by atoms with Gasteiger partial charge in [0.05, 0.1) is 12.2 Å². The Labute approximate surface area is 132 Å². The van der Waals surface area contributed by atoms with Crippen molar-refractivity contribution in [3.05, 3.63) is 23.3 Å². The summed E-state index contributed by atoms with van der Waals surface area (Å²) in [5, 5.41) is 20.8. The number of rotatable bonds is 10. The van der Waals surface area contributed by atoms with Crippen LogP contribution >= 0.6 is 15.9 Å². The zero-order valence-corrected chi connectivity index (χ0v) is 14.2. The molecule has 20 heavy (non-hydrogen) atoms. The van der Waals surface area contributed by atoms with Crippen molar-refractivity contribution < 1.29 is 10.2 Å². The Balaban J connectivity index is 2.03. The molecule has 2 nitrogen and oxygen atoms in total. The van der Waals surface area contributed by atoms with Crippen molar-refractivity contribution >= 4 is 15.9 Å². The van der Waals surface area contributed by atoms with Crippen LogP contribution in [0.4, 0.5) is 0 Å². The Morgan fingerprint density at radius 1 is 0.850 bits per heavy atom. The van der Waals surface area contributed by atoms with Crippen molar-refractivity contribution in [1.29, 1.82) is 0 Å². The van der Waals surface area contributed by atoms with Crippen molar-refractivity contribution in [3.8, 4) is 0 Å². The molecule has 1 aliphatic carbocycles. The summed E-state index contributed by atoms with van der Waals surface area (Å²) in [5.74, 6) is 0. The topological polar surface area (TPSA) is 40.5 Å². The van der Waals surface area contributed by atoms with Crippen LogP contribution in [0.2, 0.25) is 0 Å². The van der Waals surface area contributed by atoms with Gasteiger partial charge in [-0.1, -0.05) is 60.5 Å². The molecule has 0 spiro atoms. The molecule has 0 radical (unpaired) electrons. The van der Waals surface area contributed by atoms with Gasteiger partial charge in [-0.2, -0.15) is 0 Å². The van der Waals surface area contributed by atoms with Crippen molar-refractivity contribution in [1.82, 2.24) is 0 Å². The van der Waals surface area contributed by atoms with E-state index in [1.165, 1.54) is 44.9 Å². The van der Waals surface area contributed by atoms with E-state index in [9.17, 15) is 10.2 Å². The van der Waals surface area contributed by atoms with Gasteiger partial charge in [0.1, 0.15) is 0 Å². The molecular formula is C17H29BrO2. The zero-order chi connectivity index (χ0) is 14.8. The standard InChI is InChI=1S/C17H29BrO2/c1-14-12-17(20)15(13-16(14)19)10-8-6-4-2-3-5-7-9-11-18/h12-13,16-17,19-20H,2-11H2,1H3.